The summed E-state index contributed by atoms with van der Waals surface area (Å²) in [7, 11) is 5.49. The van der Waals surface area contributed by atoms with E-state index in [1.165, 1.54) is 13.4 Å². The Balaban J connectivity index is 2.23. The Morgan fingerprint density at radius 3 is 2.89 bits per heavy atom. The molecule has 18 heavy (non-hydrogen) atoms. The molecule has 0 bridgehead atoms. The second-order valence-electron chi connectivity index (χ2n) is 4.45. The molecule has 102 valence electrons. The summed E-state index contributed by atoms with van der Waals surface area (Å²) in [6.07, 6.45) is 3.79. The Morgan fingerprint density at radius 2 is 2.22 bits per heavy atom. The molecule has 0 aromatic carbocycles. The minimum Gasteiger partial charge on any atom is -0.463 e. The number of esters is 1. The summed E-state index contributed by atoms with van der Waals surface area (Å²) in [5.41, 5.74) is 0.842. The molecule has 5 nitrogen and oxygen atoms in total. The minimum atomic E-state index is -0.426. The summed E-state index contributed by atoms with van der Waals surface area (Å²) in [5.74, 6) is -0.136. The van der Waals surface area contributed by atoms with Gasteiger partial charge in [0.1, 0.15) is 0 Å². The van der Waals surface area contributed by atoms with Crippen LogP contribution in [0, 0.1) is 0 Å². The Labute approximate surface area is 108 Å². The van der Waals surface area contributed by atoms with Gasteiger partial charge in [0.2, 0.25) is 5.76 Å². The van der Waals surface area contributed by atoms with E-state index in [-0.39, 0.29) is 0 Å². The smallest absolute Gasteiger partial charge is 0.374 e. The maximum absolute atomic E-state index is 11.4. The summed E-state index contributed by atoms with van der Waals surface area (Å²) < 4.78 is 9.75. The lowest BCUT2D eigenvalue weighted by atomic mass is 10.2. The number of furan rings is 1. The number of methoxy groups -OCH3 is 1. The van der Waals surface area contributed by atoms with Crippen molar-refractivity contribution >= 4 is 5.97 Å². The highest BCUT2D eigenvalue weighted by Gasteiger charge is 2.14. The van der Waals surface area contributed by atoms with E-state index in [0.29, 0.717) is 12.3 Å². The third-order valence-electron chi connectivity index (χ3n) is 2.64. The van der Waals surface area contributed by atoms with Crippen molar-refractivity contribution in [1.29, 1.82) is 0 Å². The van der Waals surface area contributed by atoms with E-state index in [1.807, 2.05) is 0 Å². The van der Waals surface area contributed by atoms with Crippen LogP contribution in [0.25, 0.3) is 0 Å². The first-order valence-corrected chi connectivity index (χ1v) is 6.15. The van der Waals surface area contributed by atoms with E-state index >= 15 is 0 Å². The van der Waals surface area contributed by atoms with Gasteiger partial charge in [0.15, 0.2) is 0 Å². The molecule has 1 N–H and O–H groups in total. The fourth-order valence-corrected chi connectivity index (χ4v) is 1.65. The van der Waals surface area contributed by atoms with E-state index in [9.17, 15) is 4.79 Å². The zero-order valence-corrected chi connectivity index (χ0v) is 11.4. The van der Waals surface area contributed by atoms with Crippen LogP contribution in [0.1, 0.15) is 29.0 Å². The number of ether oxygens (including phenoxy) is 1. The van der Waals surface area contributed by atoms with Gasteiger partial charge >= 0.3 is 5.97 Å². The summed E-state index contributed by atoms with van der Waals surface area (Å²) >= 11 is 0. The van der Waals surface area contributed by atoms with Crippen LogP contribution in [-0.2, 0) is 11.3 Å². The van der Waals surface area contributed by atoms with Crippen molar-refractivity contribution in [1.82, 2.24) is 10.2 Å². The molecule has 0 atom stereocenters. The Bertz CT molecular complexity index is 361. The van der Waals surface area contributed by atoms with Gasteiger partial charge in [-0.15, -0.1) is 0 Å². The summed E-state index contributed by atoms with van der Waals surface area (Å²) in [6.45, 7) is 2.66. The van der Waals surface area contributed by atoms with Crippen LogP contribution in [-0.4, -0.2) is 45.2 Å². The minimum absolute atomic E-state index is 0.290. The van der Waals surface area contributed by atoms with Gasteiger partial charge in [-0.2, -0.15) is 0 Å². The first-order chi connectivity index (χ1) is 8.65. The number of carbonyl (C=O) groups is 1. The fraction of sp³-hybridized carbons (Fsp3) is 0.615. The Morgan fingerprint density at radius 1 is 1.44 bits per heavy atom. The third kappa shape index (κ3) is 4.89. The average molecular weight is 254 g/mol. The standard InChI is InChI=1S/C13H22N2O3/c1-15(2)8-5-4-7-14-10-11-6-9-18-12(11)13(16)17-3/h6,9,14H,4-5,7-8,10H2,1-3H3. The number of hydrogen-bond donors (Lipinski definition) is 1. The maximum Gasteiger partial charge on any atom is 0.374 e. The molecule has 0 unspecified atom stereocenters. The molecular weight excluding hydrogens is 232 g/mol. The van der Waals surface area contributed by atoms with Crippen molar-refractivity contribution in [2.75, 3.05) is 34.3 Å². The normalized spacial score (nSPS) is 10.9. The van der Waals surface area contributed by atoms with Crippen molar-refractivity contribution < 1.29 is 13.9 Å². The van der Waals surface area contributed by atoms with E-state index in [0.717, 1.165) is 31.5 Å². The van der Waals surface area contributed by atoms with Crippen LogP contribution in [0.3, 0.4) is 0 Å². The van der Waals surface area contributed by atoms with Gasteiger partial charge in [-0.05, 0) is 46.1 Å². The van der Waals surface area contributed by atoms with Crippen LogP contribution in [0.2, 0.25) is 0 Å². The quantitative estimate of drug-likeness (QED) is 0.563. The van der Waals surface area contributed by atoms with Crippen molar-refractivity contribution in [2.45, 2.75) is 19.4 Å². The van der Waals surface area contributed by atoms with Gasteiger partial charge in [-0.3, -0.25) is 0 Å². The van der Waals surface area contributed by atoms with E-state index < -0.39 is 5.97 Å². The van der Waals surface area contributed by atoms with E-state index in [2.05, 4.69) is 29.0 Å². The molecule has 0 aliphatic heterocycles. The predicted octanol–water partition coefficient (Wildman–Crippen LogP) is 1.50. The predicted molar refractivity (Wildman–Crippen MR) is 69.5 cm³/mol. The third-order valence-corrected chi connectivity index (χ3v) is 2.64. The van der Waals surface area contributed by atoms with Crippen LogP contribution in [0.5, 0.6) is 0 Å². The van der Waals surface area contributed by atoms with Crippen molar-refractivity contribution in [2.24, 2.45) is 0 Å². The van der Waals surface area contributed by atoms with Gasteiger partial charge in [0.25, 0.3) is 0 Å². The van der Waals surface area contributed by atoms with Gasteiger partial charge < -0.3 is 19.4 Å². The lowest BCUT2D eigenvalue weighted by Crippen LogP contribution is -2.19. The Kier molecular flexibility index (Phi) is 6.46. The molecule has 0 fully saturated rings. The molecule has 0 radical (unpaired) electrons. The summed E-state index contributed by atoms with van der Waals surface area (Å²) in [5, 5.41) is 3.29. The second-order valence-corrected chi connectivity index (χ2v) is 4.45. The highest BCUT2D eigenvalue weighted by Crippen LogP contribution is 2.11. The molecule has 1 heterocycles. The van der Waals surface area contributed by atoms with Gasteiger partial charge in [0, 0.05) is 12.1 Å². The first-order valence-electron chi connectivity index (χ1n) is 6.15. The average Bonchev–Trinajstić information content (AvgIpc) is 2.80. The van der Waals surface area contributed by atoms with Gasteiger partial charge in [-0.25, -0.2) is 4.79 Å². The van der Waals surface area contributed by atoms with E-state index in [1.54, 1.807) is 6.07 Å². The molecule has 0 saturated heterocycles. The molecule has 0 spiro atoms. The number of unbranched alkanes of at least 4 members (excludes halogenated alkanes) is 1. The highest BCUT2D eigenvalue weighted by molar-refractivity contribution is 5.87. The molecule has 1 aromatic rings. The number of nitrogens with one attached hydrogen (secondary N) is 1. The largest absolute Gasteiger partial charge is 0.463 e. The fourth-order valence-electron chi connectivity index (χ4n) is 1.65. The SMILES string of the molecule is COC(=O)c1occc1CNCCCCN(C)C. The molecule has 1 aromatic heterocycles. The van der Waals surface area contributed by atoms with Crippen molar-refractivity contribution in [3.05, 3.63) is 23.7 Å². The monoisotopic (exact) mass is 254 g/mol. The molecule has 0 aliphatic rings. The van der Waals surface area contributed by atoms with Gasteiger partial charge in [-0.1, -0.05) is 0 Å². The van der Waals surface area contributed by atoms with E-state index in [4.69, 9.17) is 4.42 Å². The first kappa shape index (κ1) is 14.7. The number of carbonyl (C=O) groups excluding carboxylic acids is 1. The molecule has 0 amide bonds. The van der Waals surface area contributed by atoms with Crippen molar-refractivity contribution in [3.63, 3.8) is 0 Å². The van der Waals surface area contributed by atoms with Gasteiger partial charge in [0.05, 0.1) is 13.4 Å². The van der Waals surface area contributed by atoms with Crippen LogP contribution < -0.4 is 5.32 Å². The highest BCUT2D eigenvalue weighted by atomic mass is 16.5. The zero-order valence-electron chi connectivity index (χ0n) is 11.4. The molecule has 1 rings (SSSR count). The topological polar surface area (TPSA) is 54.7 Å². The number of nitrogens with zero attached hydrogens (tertiary/aromatic N) is 1. The Hall–Kier alpha value is -1.33. The van der Waals surface area contributed by atoms with Crippen LogP contribution >= 0.6 is 0 Å². The summed E-state index contributed by atoms with van der Waals surface area (Å²) in [6, 6.07) is 1.79. The van der Waals surface area contributed by atoms with Crippen molar-refractivity contribution in [3.8, 4) is 0 Å². The number of rotatable bonds is 8. The van der Waals surface area contributed by atoms with Crippen LogP contribution in [0.4, 0.5) is 0 Å². The lowest BCUT2D eigenvalue weighted by Gasteiger charge is -2.09. The molecule has 5 heteroatoms. The molecule has 0 saturated carbocycles. The number of hydrogen-bond acceptors (Lipinski definition) is 5. The second kappa shape index (κ2) is 7.89. The molecule has 0 aliphatic carbocycles. The summed E-state index contributed by atoms with van der Waals surface area (Å²) in [4.78, 5) is 13.5. The molecular formula is C13H22N2O3. The maximum atomic E-state index is 11.4. The zero-order chi connectivity index (χ0) is 13.4. The lowest BCUT2D eigenvalue weighted by molar-refractivity contribution is 0.0563. The van der Waals surface area contributed by atoms with Crippen LogP contribution in [0.15, 0.2) is 16.7 Å².